The second-order valence-corrected chi connectivity index (χ2v) is 4.05. The minimum atomic E-state index is -0.305. The van der Waals surface area contributed by atoms with E-state index in [1.54, 1.807) is 7.11 Å². The number of hydrogen-bond acceptors (Lipinski definition) is 4. The largest absolute Gasteiger partial charge is 0.390 e. The van der Waals surface area contributed by atoms with Gasteiger partial charge in [-0.25, -0.2) is 0 Å². The lowest BCUT2D eigenvalue weighted by Gasteiger charge is -2.26. The van der Waals surface area contributed by atoms with Gasteiger partial charge in [0.05, 0.1) is 12.7 Å². The van der Waals surface area contributed by atoms with Crippen molar-refractivity contribution in [2.45, 2.75) is 32.4 Å². The summed E-state index contributed by atoms with van der Waals surface area (Å²) in [6.07, 6.45) is 0.807. The van der Waals surface area contributed by atoms with Crippen molar-refractivity contribution in [1.82, 2.24) is 10.2 Å². The van der Waals surface area contributed by atoms with E-state index in [1.807, 2.05) is 7.05 Å². The monoisotopic (exact) mass is 218 g/mol. The number of nitrogens with one attached hydrogen (secondary N) is 1. The summed E-state index contributed by atoms with van der Waals surface area (Å²) >= 11 is 0. The third-order valence-corrected chi connectivity index (χ3v) is 2.70. The van der Waals surface area contributed by atoms with E-state index in [0.29, 0.717) is 19.2 Å². The van der Waals surface area contributed by atoms with Crippen molar-refractivity contribution in [2.75, 3.05) is 40.4 Å². The van der Waals surface area contributed by atoms with E-state index in [1.165, 1.54) is 0 Å². The van der Waals surface area contributed by atoms with Gasteiger partial charge in [0.2, 0.25) is 0 Å². The summed E-state index contributed by atoms with van der Waals surface area (Å²) in [7, 11) is 3.72. The Balaban J connectivity index is 3.50. The topological polar surface area (TPSA) is 44.7 Å². The van der Waals surface area contributed by atoms with Gasteiger partial charge in [-0.15, -0.1) is 0 Å². The first-order valence-electron chi connectivity index (χ1n) is 5.69. The summed E-state index contributed by atoms with van der Waals surface area (Å²) in [5.74, 6) is 0. The van der Waals surface area contributed by atoms with Crippen LogP contribution >= 0.6 is 0 Å². The van der Waals surface area contributed by atoms with Gasteiger partial charge in [-0.1, -0.05) is 6.92 Å². The van der Waals surface area contributed by atoms with Gasteiger partial charge in [-0.3, -0.25) is 0 Å². The predicted molar refractivity (Wildman–Crippen MR) is 63.1 cm³/mol. The maximum Gasteiger partial charge on any atom is 0.0791 e. The van der Waals surface area contributed by atoms with Gasteiger partial charge in [-0.2, -0.15) is 0 Å². The second-order valence-electron chi connectivity index (χ2n) is 4.05. The van der Waals surface area contributed by atoms with E-state index in [4.69, 9.17) is 4.74 Å². The van der Waals surface area contributed by atoms with Crippen molar-refractivity contribution in [3.8, 4) is 0 Å². The number of hydrogen-bond donors (Lipinski definition) is 2. The molecule has 0 aromatic heterocycles. The van der Waals surface area contributed by atoms with Crippen LogP contribution in [0.3, 0.4) is 0 Å². The molecule has 0 fully saturated rings. The van der Waals surface area contributed by atoms with Gasteiger partial charge in [-0.05, 0) is 20.4 Å². The number of nitrogens with zero attached hydrogens (tertiary/aromatic N) is 1. The third kappa shape index (κ3) is 7.73. The van der Waals surface area contributed by atoms with Crippen LogP contribution in [0.1, 0.15) is 20.3 Å². The maximum absolute atomic E-state index is 9.72. The van der Waals surface area contributed by atoms with Crippen molar-refractivity contribution in [2.24, 2.45) is 0 Å². The molecule has 0 aliphatic heterocycles. The molecule has 0 aliphatic rings. The highest BCUT2D eigenvalue weighted by Gasteiger charge is 2.11. The number of likely N-dealkylation sites (N-methyl/N-ethyl adjacent to an activating group) is 1. The van der Waals surface area contributed by atoms with Crippen molar-refractivity contribution in [3.05, 3.63) is 0 Å². The molecule has 0 saturated carbocycles. The average Bonchev–Trinajstić information content (AvgIpc) is 2.23. The lowest BCUT2D eigenvalue weighted by molar-refractivity contribution is 0.103. The van der Waals surface area contributed by atoms with Gasteiger partial charge >= 0.3 is 0 Å². The molecule has 0 aromatic rings. The van der Waals surface area contributed by atoms with E-state index in [9.17, 15) is 5.11 Å². The molecule has 92 valence electrons. The lowest BCUT2D eigenvalue weighted by Crippen LogP contribution is -2.40. The first-order valence-corrected chi connectivity index (χ1v) is 5.69. The van der Waals surface area contributed by atoms with Crippen molar-refractivity contribution in [1.29, 1.82) is 0 Å². The smallest absolute Gasteiger partial charge is 0.0791 e. The molecule has 2 atom stereocenters. The molecule has 0 spiro atoms. The third-order valence-electron chi connectivity index (χ3n) is 2.70. The second kappa shape index (κ2) is 9.09. The number of aliphatic hydroxyl groups is 1. The summed E-state index contributed by atoms with van der Waals surface area (Å²) in [5, 5.41) is 12.9. The summed E-state index contributed by atoms with van der Waals surface area (Å²) < 4.78 is 4.91. The highest BCUT2D eigenvalue weighted by Crippen LogP contribution is 2.00. The van der Waals surface area contributed by atoms with Crippen LogP contribution in [-0.4, -0.2) is 62.6 Å². The Hall–Kier alpha value is -0.160. The van der Waals surface area contributed by atoms with Crippen LogP contribution in [0.5, 0.6) is 0 Å². The molecule has 2 N–H and O–H groups in total. The Morgan fingerprint density at radius 1 is 1.47 bits per heavy atom. The van der Waals surface area contributed by atoms with Gasteiger partial charge in [0.15, 0.2) is 0 Å². The fourth-order valence-electron chi connectivity index (χ4n) is 1.33. The van der Waals surface area contributed by atoms with Crippen LogP contribution < -0.4 is 5.32 Å². The average molecular weight is 218 g/mol. The van der Waals surface area contributed by atoms with Crippen LogP contribution in [0.15, 0.2) is 0 Å². The van der Waals surface area contributed by atoms with E-state index < -0.39 is 0 Å². The van der Waals surface area contributed by atoms with Crippen LogP contribution in [-0.2, 0) is 4.74 Å². The summed E-state index contributed by atoms with van der Waals surface area (Å²) in [6, 6.07) is 0.527. The minimum Gasteiger partial charge on any atom is -0.390 e. The van der Waals surface area contributed by atoms with Crippen LogP contribution in [0.4, 0.5) is 0 Å². The Morgan fingerprint density at radius 2 is 2.13 bits per heavy atom. The van der Waals surface area contributed by atoms with Gasteiger partial charge in [0.25, 0.3) is 0 Å². The number of aliphatic hydroxyl groups excluding tert-OH is 1. The highest BCUT2D eigenvalue weighted by atomic mass is 16.5. The van der Waals surface area contributed by atoms with Crippen molar-refractivity contribution < 1.29 is 9.84 Å². The fraction of sp³-hybridized carbons (Fsp3) is 1.00. The number of methoxy groups -OCH3 is 1. The Labute approximate surface area is 93.6 Å². The normalized spacial score (nSPS) is 15.6. The molecule has 0 aliphatic carbocycles. The molecule has 0 rings (SSSR count). The molecule has 0 saturated heterocycles. The zero-order valence-electron chi connectivity index (χ0n) is 10.5. The van der Waals surface area contributed by atoms with Crippen LogP contribution in [0.25, 0.3) is 0 Å². The van der Waals surface area contributed by atoms with Crippen molar-refractivity contribution in [3.63, 3.8) is 0 Å². The Morgan fingerprint density at radius 3 is 2.67 bits per heavy atom. The molecule has 15 heavy (non-hydrogen) atoms. The van der Waals surface area contributed by atoms with Crippen LogP contribution in [0, 0.1) is 0 Å². The Kier molecular flexibility index (Phi) is 9.00. The fourth-order valence-corrected chi connectivity index (χ4v) is 1.33. The molecule has 0 heterocycles. The molecule has 4 heteroatoms. The maximum atomic E-state index is 9.72. The summed E-state index contributed by atoms with van der Waals surface area (Å²) in [4.78, 5) is 2.18. The molecule has 0 amide bonds. The zero-order chi connectivity index (χ0) is 11.7. The van der Waals surface area contributed by atoms with Crippen molar-refractivity contribution >= 4 is 0 Å². The molecule has 2 unspecified atom stereocenters. The SMILES string of the molecule is CCC(C)N(C)CC(O)CNCCOC. The first-order chi connectivity index (χ1) is 7.11. The number of ether oxygens (including phenoxy) is 1. The summed E-state index contributed by atoms with van der Waals surface area (Å²) in [5.41, 5.74) is 0. The number of rotatable bonds is 9. The Bertz CT molecular complexity index is 145. The van der Waals surface area contributed by atoms with E-state index in [0.717, 1.165) is 19.5 Å². The minimum absolute atomic E-state index is 0.305. The molecule has 0 aromatic carbocycles. The van der Waals surface area contributed by atoms with Gasteiger partial charge in [0, 0.05) is 32.8 Å². The molecule has 4 nitrogen and oxygen atoms in total. The molecule has 0 bridgehead atoms. The summed E-state index contributed by atoms with van der Waals surface area (Å²) in [6.45, 7) is 7.16. The molecular formula is C11H26N2O2. The van der Waals surface area contributed by atoms with E-state index in [2.05, 4.69) is 24.1 Å². The standard InChI is InChI=1S/C11H26N2O2/c1-5-10(2)13(3)9-11(14)8-12-6-7-15-4/h10-12,14H,5-9H2,1-4H3. The quantitative estimate of drug-likeness (QED) is 0.547. The van der Waals surface area contributed by atoms with Gasteiger partial charge in [0.1, 0.15) is 0 Å². The highest BCUT2D eigenvalue weighted by molar-refractivity contribution is 4.68. The van der Waals surface area contributed by atoms with Crippen LogP contribution in [0.2, 0.25) is 0 Å². The lowest BCUT2D eigenvalue weighted by atomic mass is 10.2. The molecular weight excluding hydrogens is 192 g/mol. The zero-order valence-corrected chi connectivity index (χ0v) is 10.5. The van der Waals surface area contributed by atoms with Gasteiger partial charge < -0.3 is 20.1 Å². The molecule has 0 radical (unpaired) electrons. The predicted octanol–water partition coefficient (Wildman–Crippen LogP) is 0.314. The van der Waals surface area contributed by atoms with E-state index in [-0.39, 0.29) is 6.10 Å². The first kappa shape index (κ1) is 14.8. The van der Waals surface area contributed by atoms with E-state index >= 15 is 0 Å².